The molecule has 3 aromatic carbocycles. The predicted octanol–water partition coefficient (Wildman–Crippen LogP) is 6.99. The van der Waals surface area contributed by atoms with Crippen LogP contribution in [0.4, 0.5) is 5.69 Å². The predicted molar refractivity (Wildman–Crippen MR) is 136 cm³/mol. The number of benzene rings is 3. The summed E-state index contributed by atoms with van der Waals surface area (Å²) in [7, 11) is 1.54. The van der Waals surface area contributed by atoms with Crippen LogP contribution in [0.25, 0.3) is 6.08 Å². The molecule has 32 heavy (non-hydrogen) atoms. The maximum Gasteiger partial charge on any atom is 0.270 e. The van der Waals surface area contributed by atoms with Crippen molar-refractivity contribution in [3.63, 3.8) is 0 Å². The first kappa shape index (κ1) is 22.7. The lowest BCUT2D eigenvalue weighted by Gasteiger charge is -2.15. The van der Waals surface area contributed by atoms with E-state index in [0.29, 0.717) is 43.1 Å². The summed E-state index contributed by atoms with van der Waals surface area (Å²) < 4.78 is 11.5. The number of hydrogen-bond donors (Lipinski definition) is 0. The minimum Gasteiger partial charge on any atom is -0.495 e. The van der Waals surface area contributed by atoms with E-state index in [0.717, 1.165) is 11.1 Å². The van der Waals surface area contributed by atoms with Crippen LogP contribution < -0.4 is 14.4 Å². The largest absolute Gasteiger partial charge is 0.495 e. The van der Waals surface area contributed by atoms with Crippen molar-refractivity contribution in [1.82, 2.24) is 0 Å². The number of halogens is 2. The van der Waals surface area contributed by atoms with Gasteiger partial charge < -0.3 is 9.47 Å². The van der Waals surface area contributed by atoms with Crippen LogP contribution in [0, 0.1) is 0 Å². The van der Waals surface area contributed by atoms with Crippen LogP contribution in [0.1, 0.15) is 11.1 Å². The Kier molecular flexibility index (Phi) is 7.06. The monoisotopic (exact) mass is 501 g/mol. The summed E-state index contributed by atoms with van der Waals surface area (Å²) in [5, 5.41) is 1.10. The number of nitrogens with zero attached hydrogens (tertiary/aromatic N) is 1. The number of carbonyl (C=O) groups excluding carboxylic acids is 1. The molecule has 0 aromatic heterocycles. The second-order valence-corrected chi connectivity index (χ2v) is 9.34. The van der Waals surface area contributed by atoms with E-state index < -0.39 is 0 Å². The van der Waals surface area contributed by atoms with Crippen LogP contribution in [0.15, 0.2) is 71.6 Å². The number of anilines is 1. The van der Waals surface area contributed by atoms with E-state index in [1.807, 2.05) is 48.5 Å². The Hall–Kier alpha value is -2.51. The average molecular weight is 502 g/mol. The number of amides is 1. The first-order valence-corrected chi connectivity index (χ1v) is 11.5. The molecular formula is C24H17Cl2NO3S2. The number of carbonyl (C=O) groups is 1. The van der Waals surface area contributed by atoms with Gasteiger partial charge in [0.2, 0.25) is 0 Å². The molecular weight excluding hydrogens is 485 g/mol. The second-order valence-electron chi connectivity index (χ2n) is 6.82. The van der Waals surface area contributed by atoms with Crippen molar-refractivity contribution >= 4 is 69.2 Å². The van der Waals surface area contributed by atoms with Crippen molar-refractivity contribution in [2.75, 3.05) is 12.0 Å². The molecule has 0 unspecified atom stereocenters. The summed E-state index contributed by atoms with van der Waals surface area (Å²) in [4.78, 5) is 15.0. The smallest absolute Gasteiger partial charge is 0.270 e. The van der Waals surface area contributed by atoms with Crippen LogP contribution >= 0.6 is 47.2 Å². The third-order valence-electron chi connectivity index (χ3n) is 4.66. The standard InChI is InChI=1S/C24H17Cl2NO3S2/c1-29-21-10-9-18(13-20(21)26)27-23(28)22(32-24(27)31)12-16-3-2-4-19(11-16)30-14-15-5-7-17(25)8-6-15/h2-13H,14H2,1H3/b22-12+. The number of ether oxygens (including phenoxy) is 2. The topological polar surface area (TPSA) is 38.8 Å². The lowest BCUT2D eigenvalue weighted by Crippen LogP contribution is -2.27. The van der Waals surface area contributed by atoms with E-state index in [1.54, 1.807) is 24.3 Å². The van der Waals surface area contributed by atoms with Crippen LogP contribution in [0.3, 0.4) is 0 Å². The van der Waals surface area contributed by atoms with E-state index in [2.05, 4.69) is 0 Å². The first-order chi connectivity index (χ1) is 15.4. The highest BCUT2D eigenvalue weighted by molar-refractivity contribution is 8.27. The fourth-order valence-corrected chi connectivity index (χ4v) is 4.75. The van der Waals surface area contributed by atoms with Gasteiger partial charge in [-0.3, -0.25) is 9.69 Å². The zero-order chi connectivity index (χ0) is 22.7. The second kappa shape index (κ2) is 9.96. The van der Waals surface area contributed by atoms with Crippen LogP contribution in [0.2, 0.25) is 10.0 Å². The molecule has 1 aliphatic rings. The van der Waals surface area contributed by atoms with Gasteiger partial charge in [0.05, 0.1) is 22.7 Å². The molecule has 0 atom stereocenters. The third-order valence-corrected chi connectivity index (χ3v) is 6.51. The van der Waals surface area contributed by atoms with Gasteiger partial charge in [-0.1, -0.05) is 71.4 Å². The zero-order valence-corrected chi connectivity index (χ0v) is 20.0. The summed E-state index contributed by atoms with van der Waals surface area (Å²) in [5.74, 6) is 1.03. The zero-order valence-electron chi connectivity index (χ0n) is 16.9. The average Bonchev–Trinajstić information content (AvgIpc) is 3.06. The molecule has 1 saturated heterocycles. The SMILES string of the molecule is COc1ccc(N2C(=O)/C(=C\c3cccc(OCc4ccc(Cl)cc4)c3)SC2=S)cc1Cl. The Morgan fingerprint density at radius 3 is 2.56 bits per heavy atom. The third kappa shape index (κ3) is 5.10. The molecule has 0 radical (unpaired) electrons. The van der Waals surface area contributed by atoms with Crippen LogP contribution in [0.5, 0.6) is 11.5 Å². The Morgan fingerprint density at radius 2 is 1.84 bits per heavy atom. The lowest BCUT2D eigenvalue weighted by atomic mass is 10.2. The van der Waals surface area contributed by atoms with Crippen molar-refractivity contribution in [3.05, 3.63) is 92.8 Å². The summed E-state index contributed by atoms with van der Waals surface area (Å²) in [6.07, 6.45) is 1.81. The van der Waals surface area contributed by atoms with Crippen molar-refractivity contribution in [1.29, 1.82) is 0 Å². The number of methoxy groups -OCH3 is 1. The van der Waals surface area contributed by atoms with E-state index in [1.165, 1.54) is 23.8 Å². The minimum absolute atomic E-state index is 0.200. The highest BCUT2D eigenvalue weighted by atomic mass is 35.5. The molecule has 4 nitrogen and oxygen atoms in total. The van der Waals surface area contributed by atoms with Crippen molar-refractivity contribution < 1.29 is 14.3 Å². The number of rotatable bonds is 6. The summed E-state index contributed by atoms with van der Waals surface area (Å²) >= 11 is 18.8. The Bertz CT molecular complexity index is 1210. The van der Waals surface area contributed by atoms with Gasteiger partial charge in [0.1, 0.15) is 18.1 Å². The quantitative estimate of drug-likeness (QED) is 0.269. The molecule has 0 bridgehead atoms. The molecule has 4 rings (SSSR count). The van der Waals surface area contributed by atoms with Crippen molar-refractivity contribution in [2.45, 2.75) is 6.61 Å². The Balaban J connectivity index is 1.51. The first-order valence-electron chi connectivity index (χ1n) is 9.53. The lowest BCUT2D eigenvalue weighted by molar-refractivity contribution is -0.113. The molecule has 1 fully saturated rings. The van der Waals surface area contributed by atoms with Gasteiger partial charge in [-0.05, 0) is 59.7 Å². The van der Waals surface area contributed by atoms with Gasteiger partial charge in [0, 0.05) is 5.02 Å². The van der Waals surface area contributed by atoms with Gasteiger partial charge in [-0.25, -0.2) is 0 Å². The van der Waals surface area contributed by atoms with Crippen LogP contribution in [-0.2, 0) is 11.4 Å². The van der Waals surface area contributed by atoms with E-state index in [4.69, 9.17) is 44.9 Å². The molecule has 1 amide bonds. The van der Waals surface area contributed by atoms with Gasteiger partial charge in [0.15, 0.2) is 4.32 Å². The van der Waals surface area contributed by atoms with E-state index in [9.17, 15) is 4.79 Å². The highest BCUT2D eigenvalue weighted by Crippen LogP contribution is 2.38. The maximum atomic E-state index is 13.0. The summed E-state index contributed by atoms with van der Waals surface area (Å²) in [6.45, 7) is 0.418. The van der Waals surface area contributed by atoms with Crippen molar-refractivity contribution in [3.8, 4) is 11.5 Å². The molecule has 162 valence electrons. The molecule has 1 aliphatic heterocycles. The summed E-state index contributed by atoms with van der Waals surface area (Å²) in [6, 6.07) is 20.2. The molecule has 0 saturated carbocycles. The fraction of sp³-hybridized carbons (Fsp3) is 0.0833. The Labute approximate surface area is 205 Å². The van der Waals surface area contributed by atoms with Crippen molar-refractivity contribution in [2.24, 2.45) is 0 Å². The summed E-state index contributed by atoms with van der Waals surface area (Å²) in [5.41, 5.74) is 2.45. The molecule has 0 aliphatic carbocycles. The molecule has 8 heteroatoms. The maximum absolute atomic E-state index is 13.0. The molecule has 0 N–H and O–H groups in total. The van der Waals surface area contributed by atoms with Gasteiger partial charge >= 0.3 is 0 Å². The molecule has 1 heterocycles. The van der Waals surface area contributed by atoms with E-state index >= 15 is 0 Å². The molecule has 3 aromatic rings. The van der Waals surface area contributed by atoms with Gasteiger partial charge in [-0.15, -0.1) is 0 Å². The van der Waals surface area contributed by atoms with Gasteiger partial charge in [0.25, 0.3) is 5.91 Å². The Morgan fingerprint density at radius 1 is 1.06 bits per heavy atom. The normalized spacial score (nSPS) is 14.8. The highest BCUT2D eigenvalue weighted by Gasteiger charge is 2.33. The van der Waals surface area contributed by atoms with Gasteiger partial charge in [-0.2, -0.15) is 0 Å². The van der Waals surface area contributed by atoms with Crippen LogP contribution in [-0.4, -0.2) is 17.3 Å². The number of thioether (sulfide) groups is 1. The molecule has 0 spiro atoms. The fourth-order valence-electron chi connectivity index (χ4n) is 3.08. The number of thiocarbonyl (C=S) groups is 1. The number of hydrogen-bond acceptors (Lipinski definition) is 5. The van der Waals surface area contributed by atoms with E-state index in [-0.39, 0.29) is 5.91 Å². The minimum atomic E-state index is -0.200.